The topological polar surface area (TPSA) is 38.8 Å². The van der Waals surface area contributed by atoms with Crippen molar-refractivity contribution < 1.29 is 14.3 Å². The molecule has 25 heavy (non-hydrogen) atoms. The van der Waals surface area contributed by atoms with Crippen LogP contribution < -0.4 is 0 Å². The summed E-state index contributed by atoms with van der Waals surface area (Å²) in [5, 5.41) is 0. The van der Waals surface area contributed by atoms with Crippen LogP contribution in [0, 0.1) is 0 Å². The first-order valence-electron chi connectivity index (χ1n) is 8.36. The normalized spacial score (nSPS) is 10.5. The van der Waals surface area contributed by atoms with Gasteiger partial charge in [-0.2, -0.15) is 0 Å². The van der Waals surface area contributed by atoms with Gasteiger partial charge in [-0.05, 0) is 30.8 Å². The molecule has 0 bridgehead atoms. The zero-order chi connectivity index (χ0) is 17.9. The predicted octanol–water partition coefficient (Wildman–Crippen LogP) is 3.24. The van der Waals surface area contributed by atoms with Crippen LogP contribution in [0.15, 0.2) is 66.7 Å². The van der Waals surface area contributed by atoms with Gasteiger partial charge >= 0.3 is 5.97 Å². The Labute approximate surface area is 149 Å². The Morgan fingerprint density at radius 3 is 2.04 bits per heavy atom. The minimum atomic E-state index is -0.337. The van der Waals surface area contributed by atoms with Crippen LogP contribution in [0.2, 0.25) is 0 Å². The molecule has 2 aromatic carbocycles. The molecule has 0 aliphatic rings. The van der Waals surface area contributed by atoms with E-state index in [0.29, 0.717) is 19.8 Å². The summed E-state index contributed by atoms with van der Waals surface area (Å²) in [6.07, 6.45) is 2.00. The first-order valence-corrected chi connectivity index (χ1v) is 8.36. The number of benzene rings is 2. The Hall–Kier alpha value is -2.43. The quantitative estimate of drug-likeness (QED) is 0.519. The summed E-state index contributed by atoms with van der Waals surface area (Å²) in [6.45, 7) is 1.39. The largest absolute Gasteiger partial charge is 0.463 e. The lowest BCUT2D eigenvalue weighted by atomic mass is 9.98. The van der Waals surface area contributed by atoms with Gasteiger partial charge in [-0.1, -0.05) is 66.7 Å². The van der Waals surface area contributed by atoms with Gasteiger partial charge in [0.05, 0.1) is 6.61 Å². The van der Waals surface area contributed by atoms with Crippen LogP contribution in [0.1, 0.15) is 11.1 Å². The SMILES string of the molecule is CN(C)CCOC(=O)COCC=C(c1ccccc1)c1ccccc1. The van der Waals surface area contributed by atoms with Crippen molar-refractivity contribution >= 4 is 11.5 Å². The average molecular weight is 339 g/mol. The minimum Gasteiger partial charge on any atom is -0.463 e. The third kappa shape index (κ3) is 6.91. The van der Waals surface area contributed by atoms with E-state index in [1.807, 2.05) is 61.5 Å². The molecule has 0 aliphatic heterocycles. The van der Waals surface area contributed by atoms with Crippen molar-refractivity contribution in [3.05, 3.63) is 77.9 Å². The van der Waals surface area contributed by atoms with Gasteiger partial charge in [0.15, 0.2) is 0 Å². The van der Waals surface area contributed by atoms with Crippen LogP contribution >= 0.6 is 0 Å². The molecule has 2 aromatic rings. The molecule has 0 aromatic heterocycles. The molecule has 0 unspecified atom stereocenters. The Kier molecular flexibility index (Phi) is 7.89. The van der Waals surface area contributed by atoms with Crippen LogP contribution in [0.4, 0.5) is 0 Å². The van der Waals surface area contributed by atoms with Crippen molar-refractivity contribution in [2.45, 2.75) is 0 Å². The molecule has 0 amide bonds. The summed E-state index contributed by atoms with van der Waals surface area (Å²) in [4.78, 5) is 13.6. The average Bonchev–Trinajstić information content (AvgIpc) is 2.63. The maximum absolute atomic E-state index is 11.6. The van der Waals surface area contributed by atoms with E-state index in [1.165, 1.54) is 0 Å². The third-order valence-electron chi connectivity index (χ3n) is 3.60. The lowest BCUT2D eigenvalue weighted by Crippen LogP contribution is -2.22. The van der Waals surface area contributed by atoms with Crippen LogP contribution in [-0.4, -0.2) is 51.3 Å². The highest BCUT2D eigenvalue weighted by Crippen LogP contribution is 2.22. The summed E-state index contributed by atoms with van der Waals surface area (Å²) in [5.74, 6) is -0.337. The molecule has 0 aliphatic carbocycles. The second-order valence-electron chi connectivity index (χ2n) is 5.89. The highest BCUT2D eigenvalue weighted by Gasteiger charge is 2.05. The summed E-state index contributed by atoms with van der Waals surface area (Å²) in [5.41, 5.74) is 3.32. The van der Waals surface area contributed by atoms with E-state index in [1.54, 1.807) is 0 Å². The number of carbonyl (C=O) groups excluding carboxylic acids is 1. The molecule has 0 spiro atoms. The van der Waals surface area contributed by atoms with E-state index >= 15 is 0 Å². The molecule has 4 heteroatoms. The Morgan fingerprint density at radius 1 is 0.960 bits per heavy atom. The number of nitrogens with zero attached hydrogens (tertiary/aromatic N) is 1. The monoisotopic (exact) mass is 339 g/mol. The summed E-state index contributed by atoms with van der Waals surface area (Å²) in [6, 6.07) is 20.3. The molecule has 0 heterocycles. The lowest BCUT2D eigenvalue weighted by Gasteiger charge is -2.10. The zero-order valence-electron chi connectivity index (χ0n) is 14.9. The van der Waals surface area contributed by atoms with Gasteiger partial charge in [0.25, 0.3) is 0 Å². The molecular formula is C21H25NO3. The van der Waals surface area contributed by atoms with Gasteiger partial charge in [-0.15, -0.1) is 0 Å². The second-order valence-corrected chi connectivity index (χ2v) is 5.89. The first-order chi connectivity index (χ1) is 12.2. The molecule has 0 saturated heterocycles. The number of hydrogen-bond acceptors (Lipinski definition) is 4. The van der Waals surface area contributed by atoms with Gasteiger partial charge in [0.2, 0.25) is 0 Å². The maximum Gasteiger partial charge on any atom is 0.332 e. The van der Waals surface area contributed by atoms with E-state index in [9.17, 15) is 4.79 Å². The maximum atomic E-state index is 11.6. The highest BCUT2D eigenvalue weighted by molar-refractivity contribution is 5.79. The van der Waals surface area contributed by atoms with Gasteiger partial charge < -0.3 is 14.4 Å². The summed E-state index contributed by atoms with van der Waals surface area (Å²) < 4.78 is 10.6. The van der Waals surface area contributed by atoms with Crippen molar-refractivity contribution in [1.82, 2.24) is 4.90 Å². The number of esters is 1. The fourth-order valence-electron chi connectivity index (χ4n) is 2.31. The molecule has 4 nitrogen and oxygen atoms in total. The fraction of sp³-hybridized carbons (Fsp3) is 0.286. The fourth-order valence-corrected chi connectivity index (χ4v) is 2.31. The van der Waals surface area contributed by atoms with Crippen molar-refractivity contribution in [2.75, 3.05) is 40.5 Å². The van der Waals surface area contributed by atoms with Gasteiger partial charge in [-0.25, -0.2) is 4.79 Å². The van der Waals surface area contributed by atoms with Crippen molar-refractivity contribution in [1.29, 1.82) is 0 Å². The Morgan fingerprint density at radius 2 is 1.52 bits per heavy atom. The van der Waals surface area contributed by atoms with Gasteiger partial charge in [0.1, 0.15) is 13.2 Å². The van der Waals surface area contributed by atoms with E-state index < -0.39 is 0 Å². The van der Waals surface area contributed by atoms with Gasteiger partial charge in [-0.3, -0.25) is 0 Å². The standard InChI is InChI=1S/C21H25NO3/c1-22(2)14-16-25-21(23)17-24-15-13-20(18-9-5-3-6-10-18)19-11-7-4-8-12-19/h3-13H,14-17H2,1-2H3. The Bertz CT molecular complexity index is 625. The van der Waals surface area contributed by atoms with Crippen LogP contribution in [0.5, 0.6) is 0 Å². The van der Waals surface area contributed by atoms with Crippen molar-refractivity contribution in [2.24, 2.45) is 0 Å². The highest BCUT2D eigenvalue weighted by atomic mass is 16.6. The molecule has 0 N–H and O–H groups in total. The molecule has 0 fully saturated rings. The Balaban J connectivity index is 1.92. The molecule has 0 radical (unpaired) electrons. The van der Waals surface area contributed by atoms with E-state index in [0.717, 1.165) is 16.7 Å². The van der Waals surface area contributed by atoms with Crippen molar-refractivity contribution in [3.63, 3.8) is 0 Å². The number of rotatable bonds is 9. The summed E-state index contributed by atoms with van der Waals surface area (Å²) in [7, 11) is 3.87. The van der Waals surface area contributed by atoms with E-state index in [-0.39, 0.29) is 12.6 Å². The number of hydrogen-bond donors (Lipinski definition) is 0. The second kappa shape index (κ2) is 10.4. The smallest absolute Gasteiger partial charge is 0.332 e. The van der Waals surface area contributed by atoms with Gasteiger partial charge in [0, 0.05) is 6.54 Å². The van der Waals surface area contributed by atoms with Crippen LogP contribution in [0.25, 0.3) is 5.57 Å². The lowest BCUT2D eigenvalue weighted by molar-refractivity contribution is -0.148. The number of ether oxygens (including phenoxy) is 2. The van der Waals surface area contributed by atoms with Crippen LogP contribution in [-0.2, 0) is 14.3 Å². The molecule has 0 saturated carbocycles. The van der Waals surface area contributed by atoms with Crippen molar-refractivity contribution in [3.8, 4) is 0 Å². The minimum absolute atomic E-state index is 0.0409. The molecule has 0 atom stereocenters. The van der Waals surface area contributed by atoms with E-state index in [4.69, 9.17) is 9.47 Å². The molecular weight excluding hydrogens is 314 g/mol. The molecule has 2 rings (SSSR count). The number of carbonyl (C=O) groups is 1. The number of likely N-dealkylation sites (N-methyl/N-ethyl adjacent to an activating group) is 1. The molecule has 132 valence electrons. The zero-order valence-corrected chi connectivity index (χ0v) is 14.9. The first kappa shape index (κ1) is 18.9. The van der Waals surface area contributed by atoms with E-state index in [2.05, 4.69) is 24.3 Å². The van der Waals surface area contributed by atoms with Crippen LogP contribution in [0.3, 0.4) is 0 Å². The third-order valence-corrected chi connectivity index (χ3v) is 3.60. The predicted molar refractivity (Wildman–Crippen MR) is 100 cm³/mol. The summed E-state index contributed by atoms with van der Waals surface area (Å²) >= 11 is 0.